The van der Waals surface area contributed by atoms with Gasteiger partial charge in [0.2, 0.25) is 0 Å². The molecular weight excluding hydrogens is 191 g/mol. The van der Waals surface area contributed by atoms with Crippen LogP contribution in [0.4, 0.5) is 0 Å². The monoisotopic (exact) mass is 208 g/mol. The second kappa shape index (κ2) is 2.15. The van der Waals surface area contributed by atoms with Crippen molar-refractivity contribution in [1.29, 1.82) is 0 Å². The van der Waals surface area contributed by atoms with Crippen LogP contribution in [0, 0.1) is 10.8 Å². The number of halogens is 2. The van der Waals surface area contributed by atoms with Crippen molar-refractivity contribution in [2.75, 3.05) is 0 Å². The van der Waals surface area contributed by atoms with E-state index in [4.69, 9.17) is 23.2 Å². The van der Waals surface area contributed by atoms with Crippen LogP contribution in [0.15, 0.2) is 0 Å². The zero-order chi connectivity index (χ0) is 10.0. The largest absolute Gasteiger partial charge is 0.117 e. The van der Waals surface area contributed by atoms with E-state index in [1.54, 1.807) is 0 Å². The van der Waals surface area contributed by atoms with Crippen molar-refractivity contribution < 1.29 is 0 Å². The van der Waals surface area contributed by atoms with Gasteiger partial charge in [-0.15, -0.1) is 23.2 Å². The van der Waals surface area contributed by atoms with E-state index >= 15 is 0 Å². The lowest BCUT2D eigenvalue weighted by Crippen LogP contribution is -2.76. The van der Waals surface area contributed by atoms with Crippen molar-refractivity contribution in [2.45, 2.75) is 51.3 Å². The summed E-state index contributed by atoms with van der Waals surface area (Å²) in [5.41, 5.74) is 0.163. The van der Waals surface area contributed by atoms with Gasteiger partial charge < -0.3 is 0 Å². The molecule has 2 atom stereocenters. The maximum absolute atomic E-state index is 6.44. The first-order valence-corrected chi connectivity index (χ1v) is 5.13. The van der Waals surface area contributed by atoms with Crippen LogP contribution in [0.2, 0.25) is 0 Å². The number of alkyl halides is 2. The number of hydrogen-bond acceptors (Lipinski definition) is 0. The van der Waals surface area contributed by atoms with Crippen molar-refractivity contribution >= 4 is 23.2 Å². The van der Waals surface area contributed by atoms with Crippen LogP contribution < -0.4 is 0 Å². The summed E-state index contributed by atoms with van der Waals surface area (Å²) in [5.74, 6) is 0. The lowest BCUT2D eigenvalue weighted by molar-refractivity contribution is -0.107. The van der Waals surface area contributed by atoms with Crippen LogP contribution in [-0.2, 0) is 0 Å². The van der Waals surface area contributed by atoms with Crippen LogP contribution >= 0.6 is 23.2 Å². The molecule has 0 aromatic carbocycles. The SMILES string of the molecule is CC1(C)C(C)(C)[C@](C)(Cl)C1(C)Cl. The second-order valence-electron chi connectivity index (χ2n) is 5.26. The fraction of sp³-hybridized carbons (Fsp3) is 1.00. The second-order valence-corrected chi connectivity index (χ2v) is 6.77. The molecule has 0 amide bonds. The van der Waals surface area contributed by atoms with Gasteiger partial charge in [0.05, 0.1) is 9.75 Å². The van der Waals surface area contributed by atoms with E-state index in [1.165, 1.54) is 0 Å². The molecule has 1 aliphatic carbocycles. The molecule has 0 spiro atoms. The normalized spacial score (nSPS) is 50.0. The third-order valence-electron chi connectivity index (χ3n) is 4.79. The lowest BCUT2D eigenvalue weighted by Gasteiger charge is -2.72. The highest BCUT2D eigenvalue weighted by Crippen LogP contribution is 2.73. The molecule has 0 aromatic heterocycles. The molecule has 1 fully saturated rings. The van der Waals surface area contributed by atoms with E-state index in [0.717, 1.165) is 0 Å². The summed E-state index contributed by atoms with van der Waals surface area (Å²) in [5, 5.41) is 0. The first kappa shape index (κ1) is 10.7. The minimum Gasteiger partial charge on any atom is -0.117 e. The summed E-state index contributed by atoms with van der Waals surface area (Å²) >= 11 is 12.9. The van der Waals surface area contributed by atoms with Crippen LogP contribution in [0.25, 0.3) is 0 Å². The fourth-order valence-electron chi connectivity index (χ4n) is 2.28. The van der Waals surface area contributed by atoms with Crippen molar-refractivity contribution in [3.63, 3.8) is 0 Å². The summed E-state index contributed by atoms with van der Waals surface area (Å²) in [4.78, 5) is -0.629. The van der Waals surface area contributed by atoms with Gasteiger partial charge in [-0.2, -0.15) is 0 Å². The molecule has 2 heteroatoms. The molecule has 1 aliphatic rings. The smallest absolute Gasteiger partial charge is 0.0668 e. The van der Waals surface area contributed by atoms with Gasteiger partial charge in [-0.25, -0.2) is 0 Å². The minimum absolute atomic E-state index is 0.0814. The summed E-state index contributed by atoms with van der Waals surface area (Å²) < 4.78 is 0. The molecule has 12 heavy (non-hydrogen) atoms. The molecule has 1 saturated carbocycles. The zero-order valence-corrected chi connectivity index (χ0v) is 10.3. The quantitative estimate of drug-likeness (QED) is 0.528. The van der Waals surface area contributed by atoms with Crippen molar-refractivity contribution in [1.82, 2.24) is 0 Å². The number of rotatable bonds is 0. The van der Waals surface area contributed by atoms with Gasteiger partial charge in [0.25, 0.3) is 0 Å². The first-order valence-electron chi connectivity index (χ1n) is 4.38. The van der Waals surface area contributed by atoms with Gasteiger partial charge in [0.15, 0.2) is 0 Å². The molecular formula is C10H18Cl2. The molecule has 0 heterocycles. The standard InChI is InChI=1S/C10H18Cl2/c1-7(2)8(3,4)10(6,12)9(7,5)11/h1-6H3/t9-,10?/m0/s1. The Labute approximate surface area is 85.6 Å². The van der Waals surface area contributed by atoms with Gasteiger partial charge >= 0.3 is 0 Å². The Morgan fingerprint density at radius 1 is 0.583 bits per heavy atom. The molecule has 0 saturated heterocycles. The molecule has 0 aliphatic heterocycles. The van der Waals surface area contributed by atoms with Crippen molar-refractivity contribution in [2.24, 2.45) is 10.8 Å². The zero-order valence-electron chi connectivity index (χ0n) is 8.76. The lowest BCUT2D eigenvalue weighted by atomic mass is 9.40. The van der Waals surface area contributed by atoms with Crippen molar-refractivity contribution in [3.05, 3.63) is 0 Å². The van der Waals surface area contributed by atoms with Crippen molar-refractivity contribution in [3.8, 4) is 0 Å². The summed E-state index contributed by atoms with van der Waals surface area (Å²) in [6.45, 7) is 12.8. The third-order valence-corrected chi connectivity index (χ3v) is 6.59. The van der Waals surface area contributed by atoms with E-state index < -0.39 is 0 Å². The van der Waals surface area contributed by atoms with Gasteiger partial charge in [0, 0.05) is 0 Å². The van der Waals surface area contributed by atoms with Crippen LogP contribution in [0.1, 0.15) is 41.5 Å². The predicted octanol–water partition coefficient (Wildman–Crippen LogP) is 4.05. The van der Waals surface area contributed by atoms with Crippen LogP contribution in [-0.4, -0.2) is 9.75 Å². The van der Waals surface area contributed by atoms with E-state index in [-0.39, 0.29) is 20.6 Å². The van der Waals surface area contributed by atoms with Crippen LogP contribution in [0.3, 0.4) is 0 Å². The van der Waals surface area contributed by atoms with Gasteiger partial charge in [-0.3, -0.25) is 0 Å². The summed E-state index contributed by atoms with van der Waals surface area (Å²) in [6.07, 6.45) is 0. The Bertz CT molecular complexity index is 148. The minimum atomic E-state index is -0.314. The molecule has 1 rings (SSSR count). The Morgan fingerprint density at radius 3 is 0.833 bits per heavy atom. The molecule has 0 N–H and O–H groups in total. The summed E-state index contributed by atoms with van der Waals surface area (Å²) in [7, 11) is 0. The van der Waals surface area contributed by atoms with Gasteiger partial charge in [-0.1, -0.05) is 27.7 Å². The van der Waals surface area contributed by atoms with Crippen LogP contribution in [0.5, 0.6) is 0 Å². The van der Waals surface area contributed by atoms with E-state index in [9.17, 15) is 0 Å². The van der Waals surface area contributed by atoms with E-state index in [2.05, 4.69) is 27.7 Å². The van der Waals surface area contributed by atoms with E-state index in [0.29, 0.717) is 0 Å². The molecule has 72 valence electrons. The highest BCUT2D eigenvalue weighted by Gasteiger charge is 2.75. The Kier molecular flexibility index (Phi) is 1.91. The molecule has 1 unspecified atom stereocenters. The average molecular weight is 209 g/mol. The van der Waals surface area contributed by atoms with E-state index in [1.807, 2.05) is 13.8 Å². The predicted molar refractivity (Wildman–Crippen MR) is 56.1 cm³/mol. The third kappa shape index (κ3) is 0.726. The van der Waals surface area contributed by atoms with Gasteiger partial charge in [0.1, 0.15) is 0 Å². The molecule has 0 radical (unpaired) electrons. The Hall–Kier alpha value is 0.580. The maximum atomic E-state index is 6.44. The molecule has 0 nitrogen and oxygen atoms in total. The Balaban J connectivity index is 3.16. The van der Waals surface area contributed by atoms with Gasteiger partial charge in [-0.05, 0) is 24.7 Å². The topological polar surface area (TPSA) is 0 Å². The highest BCUT2D eigenvalue weighted by molar-refractivity contribution is 6.37. The molecule has 0 bridgehead atoms. The number of hydrogen-bond donors (Lipinski definition) is 0. The maximum Gasteiger partial charge on any atom is 0.0668 e. The highest BCUT2D eigenvalue weighted by atomic mass is 35.5. The first-order chi connectivity index (χ1) is 5.00. The average Bonchev–Trinajstić information content (AvgIpc) is 1.84. The Morgan fingerprint density at radius 2 is 0.750 bits per heavy atom. The summed E-state index contributed by atoms with van der Waals surface area (Å²) in [6, 6.07) is 0. The fourth-order valence-corrected chi connectivity index (χ4v) is 3.23. The molecule has 0 aromatic rings.